The highest BCUT2D eigenvalue weighted by atomic mass is 16.3. The van der Waals surface area contributed by atoms with Gasteiger partial charge in [0.15, 0.2) is 0 Å². The van der Waals surface area contributed by atoms with E-state index >= 15 is 0 Å². The molecule has 1 unspecified atom stereocenters. The molecule has 1 aliphatic rings. The summed E-state index contributed by atoms with van der Waals surface area (Å²) in [5, 5.41) is 9.91. The Morgan fingerprint density at radius 1 is 1.17 bits per heavy atom. The fourth-order valence-corrected chi connectivity index (χ4v) is 2.05. The number of rotatable bonds is 6. The Balaban J connectivity index is 2.28. The first-order chi connectivity index (χ1) is 5.79. The summed E-state index contributed by atoms with van der Waals surface area (Å²) >= 11 is 0. The Morgan fingerprint density at radius 2 is 1.67 bits per heavy atom. The van der Waals surface area contributed by atoms with Crippen molar-refractivity contribution >= 4 is 0 Å². The van der Waals surface area contributed by atoms with Gasteiger partial charge in [0.05, 0.1) is 6.10 Å². The molecule has 1 saturated carbocycles. The van der Waals surface area contributed by atoms with E-state index in [2.05, 4.69) is 13.8 Å². The SMILES string of the molecule is CCCC(CCC)C(O)C1CC1. The molecule has 0 radical (unpaired) electrons. The van der Waals surface area contributed by atoms with Crippen LogP contribution in [0.2, 0.25) is 0 Å². The molecule has 0 saturated heterocycles. The quantitative estimate of drug-likeness (QED) is 0.649. The highest BCUT2D eigenvalue weighted by Crippen LogP contribution is 2.38. The lowest BCUT2D eigenvalue weighted by molar-refractivity contribution is 0.0761. The summed E-state index contributed by atoms with van der Waals surface area (Å²) in [5.41, 5.74) is 0. The second-order valence-electron chi connectivity index (χ2n) is 4.17. The van der Waals surface area contributed by atoms with E-state index < -0.39 is 0 Å². The van der Waals surface area contributed by atoms with Crippen LogP contribution in [0.5, 0.6) is 0 Å². The highest BCUT2D eigenvalue weighted by molar-refractivity contribution is 4.85. The van der Waals surface area contributed by atoms with Crippen molar-refractivity contribution in [3.63, 3.8) is 0 Å². The lowest BCUT2D eigenvalue weighted by Crippen LogP contribution is -2.22. The summed E-state index contributed by atoms with van der Waals surface area (Å²) < 4.78 is 0. The maximum absolute atomic E-state index is 9.91. The van der Waals surface area contributed by atoms with Crippen molar-refractivity contribution in [1.82, 2.24) is 0 Å². The third-order valence-corrected chi connectivity index (χ3v) is 2.91. The van der Waals surface area contributed by atoms with Crippen LogP contribution in [0.3, 0.4) is 0 Å². The summed E-state index contributed by atoms with van der Waals surface area (Å²) in [6.07, 6.45) is 7.42. The van der Waals surface area contributed by atoms with Gasteiger partial charge in [0.1, 0.15) is 0 Å². The Morgan fingerprint density at radius 3 is 2.00 bits per heavy atom. The molecule has 0 spiro atoms. The molecule has 72 valence electrons. The molecule has 0 aromatic rings. The van der Waals surface area contributed by atoms with Gasteiger partial charge in [-0.15, -0.1) is 0 Å². The minimum atomic E-state index is 0.0184. The van der Waals surface area contributed by atoms with Crippen molar-refractivity contribution in [1.29, 1.82) is 0 Å². The Labute approximate surface area is 76.2 Å². The molecule has 0 aromatic heterocycles. The van der Waals surface area contributed by atoms with E-state index in [0.29, 0.717) is 11.8 Å². The fourth-order valence-electron chi connectivity index (χ4n) is 2.05. The number of hydrogen-bond acceptors (Lipinski definition) is 1. The molecule has 0 aromatic carbocycles. The molecule has 1 fully saturated rings. The molecule has 1 rings (SSSR count). The molecule has 0 bridgehead atoms. The van der Waals surface area contributed by atoms with Crippen LogP contribution in [0.25, 0.3) is 0 Å². The maximum atomic E-state index is 9.91. The van der Waals surface area contributed by atoms with Gasteiger partial charge in [-0.2, -0.15) is 0 Å². The van der Waals surface area contributed by atoms with E-state index in [4.69, 9.17) is 0 Å². The van der Waals surface area contributed by atoms with E-state index in [0.717, 1.165) is 0 Å². The molecular weight excluding hydrogens is 148 g/mol. The van der Waals surface area contributed by atoms with Crippen LogP contribution in [-0.2, 0) is 0 Å². The van der Waals surface area contributed by atoms with Gasteiger partial charge in [0, 0.05) is 0 Å². The molecule has 1 nitrogen and oxygen atoms in total. The van der Waals surface area contributed by atoms with Crippen molar-refractivity contribution in [2.24, 2.45) is 11.8 Å². The fraction of sp³-hybridized carbons (Fsp3) is 1.00. The van der Waals surface area contributed by atoms with Gasteiger partial charge in [-0.05, 0) is 37.5 Å². The summed E-state index contributed by atoms with van der Waals surface area (Å²) in [4.78, 5) is 0. The lowest BCUT2D eigenvalue weighted by atomic mass is 9.90. The van der Waals surface area contributed by atoms with Gasteiger partial charge in [0.2, 0.25) is 0 Å². The van der Waals surface area contributed by atoms with Crippen molar-refractivity contribution in [3.8, 4) is 0 Å². The second kappa shape index (κ2) is 4.86. The van der Waals surface area contributed by atoms with Crippen LogP contribution in [0, 0.1) is 11.8 Å². The predicted octanol–water partition coefficient (Wildman–Crippen LogP) is 2.97. The average Bonchev–Trinajstić information content (AvgIpc) is 2.85. The third-order valence-electron chi connectivity index (χ3n) is 2.91. The van der Waals surface area contributed by atoms with Crippen LogP contribution in [-0.4, -0.2) is 11.2 Å². The van der Waals surface area contributed by atoms with Crippen LogP contribution >= 0.6 is 0 Å². The van der Waals surface area contributed by atoms with Crippen molar-refractivity contribution in [2.75, 3.05) is 0 Å². The highest BCUT2D eigenvalue weighted by Gasteiger charge is 2.34. The Kier molecular flexibility index (Phi) is 4.07. The smallest absolute Gasteiger partial charge is 0.0596 e. The van der Waals surface area contributed by atoms with Gasteiger partial charge in [-0.1, -0.05) is 26.7 Å². The molecule has 0 amide bonds. The number of hydrogen-bond donors (Lipinski definition) is 1. The maximum Gasteiger partial charge on any atom is 0.0596 e. The van der Waals surface area contributed by atoms with Gasteiger partial charge >= 0.3 is 0 Å². The molecule has 1 heteroatoms. The molecule has 1 aliphatic carbocycles. The summed E-state index contributed by atoms with van der Waals surface area (Å²) in [6.45, 7) is 4.42. The monoisotopic (exact) mass is 170 g/mol. The van der Waals surface area contributed by atoms with E-state index in [1.807, 2.05) is 0 Å². The number of aliphatic hydroxyl groups excluding tert-OH is 1. The lowest BCUT2D eigenvalue weighted by Gasteiger charge is -2.21. The average molecular weight is 170 g/mol. The molecule has 0 aliphatic heterocycles. The predicted molar refractivity (Wildman–Crippen MR) is 52.0 cm³/mol. The van der Waals surface area contributed by atoms with E-state index in [-0.39, 0.29) is 6.10 Å². The molecule has 1 N–H and O–H groups in total. The van der Waals surface area contributed by atoms with Gasteiger partial charge < -0.3 is 5.11 Å². The first-order valence-electron chi connectivity index (χ1n) is 5.47. The first-order valence-corrected chi connectivity index (χ1v) is 5.47. The minimum Gasteiger partial charge on any atom is -0.393 e. The topological polar surface area (TPSA) is 20.2 Å². The summed E-state index contributed by atoms with van der Waals surface area (Å²) in [6, 6.07) is 0. The van der Waals surface area contributed by atoms with Crippen molar-refractivity contribution in [2.45, 2.75) is 58.5 Å². The van der Waals surface area contributed by atoms with Gasteiger partial charge in [0.25, 0.3) is 0 Å². The van der Waals surface area contributed by atoms with Crippen LogP contribution in [0.15, 0.2) is 0 Å². The molecule has 1 atom stereocenters. The van der Waals surface area contributed by atoms with Gasteiger partial charge in [-0.3, -0.25) is 0 Å². The molecule has 0 heterocycles. The zero-order valence-corrected chi connectivity index (χ0v) is 8.42. The zero-order valence-electron chi connectivity index (χ0n) is 8.42. The number of aliphatic hydroxyl groups is 1. The van der Waals surface area contributed by atoms with Crippen LogP contribution in [0.1, 0.15) is 52.4 Å². The summed E-state index contributed by atoms with van der Waals surface area (Å²) in [7, 11) is 0. The van der Waals surface area contributed by atoms with Crippen LogP contribution in [0.4, 0.5) is 0 Å². The van der Waals surface area contributed by atoms with Gasteiger partial charge in [-0.25, -0.2) is 0 Å². The van der Waals surface area contributed by atoms with Crippen molar-refractivity contribution < 1.29 is 5.11 Å². The second-order valence-corrected chi connectivity index (χ2v) is 4.17. The van der Waals surface area contributed by atoms with Crippen molar-refractivity contribution in [3.05, 3.63) is 0 Å². The van der Waals surface area contributed by atoms with E-state index in [1.54, 1.807) is 0 Å². The Bertz CT molecular complexity index is 112. The molecular formula is C11H22O. The van der Waals surface area contributed by atoms with Crippen LogP contribution < -0.4 is 0 Å². The zero-order chi connectivity index (χ0) is 8.97. The first kappa shape index (κ1) is 10.0. The van der Waals surface area contributed by atoms with E-state index in [1.165, 1.54) is 38.5 Å². The minimum absolute atomic E-state index is 0.0184. The standard InChI is InChI=1S/C11H22O/c1-3-5-9(6-4-2)11(12)10-7-8-10/h9-12H,3-8H2,1-2H3. The molecule has 12 heavy (non-hydrogen) atoms. The Hall–Kier alpha value is -0.0400. The normalized spacial score (nSPS) is 20.0. The summed E-state index contributed by atoms with van der Waals surface area (Å²) in [5.74, 6) is 1.25. The third kappa shape index (κ3) is 2.78. The largest absolute Gasteiger partial charge is 0.393 e. The van der Waals surface area contributed by atoms with E-state index in [9.17, 15) is 5.11 Å².